The highest BCUT2D eigenvalue weighted by molar-refractivity contribution is 8.93. The van der Waals surface area contributed by atoms with E-state index in [1.165, 1.54) is 76.7 Å². The van der Waals surface area contributed by atoms with Gasteiger partial charge in [0.15, 0.2) is 5.78 Å². The lowest BCUT2D eigenvalue weighted by atomic mass is 10.0. The predicted octanol–water partition coefficient (Wildman–Crippen LogP) is 9.78. The van der Waals surface area contributed by atoms with Crippen molar-refractivity contribution in [1.82, 2.24) is 4.90 Å². The number of carbonyl (C=O) groups is 2. The summed E-state index contributed by atoms with van der Waals surface area (Å²) in [6, 6.07) is 13.1. The Morgan fingerprint density at radius 1 is 0.850 bits per heavy atom. The van der Waals surface area contributed by atoms with Gasteiger partial charge in [-0.05, 0) is 48.6 Å². The maximum Gasteiger partial charge on any atom is 0.259 e. The number of hydrogen-bond donors (Lipinski definition) is 1. The van der Waals surface area contributed by atoms with E-state index in [4.69, 9.17) is 4.74 Å². The van der Waals surface area contributed by atoms with Crippen LogP contribution in [0.1, 0.15) is 117 Å². The number of thioether (sulfide) groups is 1. The van der Waals surface area contributed by atoms with Gasteiger partial charge in [0.1, 0.15) is 5.75 Å². The Hall–Kier alpha value is -2.25. The van der Waals surface area contributed by atoms with Crippen molar-refractivity contribution in [3.63, 3.8) is 0 Å². The van der Waals surface area contributed by atoms with E-state index in [-0.39, 0.29) is 28.7 Å². The minimum Gasteiger partial charge on any atom is -0.492 e. The van der Waals surface area contributed by atoms with Crippen molar-refractivity contribution >= 4 is 46.1 Å². The summed E-state index contributed by atoms with van der Waals surface area (Å²) >= 11 is 1.78. The smallest absolute Gasteiger partial charge is 0.259 e. The number of hydrogen-bond acceptors (Lipinski definition) is 5. The van der Waals surface area contributed by atoms with Crippen LogP contribution in [0.15, 0.2) is 54.1 Å². The molecule has 7 heteroatoms. The summed E-state index contributed by atoms with van der Waals surface area (Å²) in [5, 5.41) is 5.07. The van der Waals surface area contributed by atoms with Crippen molar-refractivity contribution in [3.05, 3.63) is 70.8 Å². The molecule has 5 nitrogen and oxygen atoms in total. The van der Waals surface area contributed by atoms with Crippen LogP contribution in [0.5, 0.6) is 5.75 Å². The van der Waals surface area contributed by atoms with E-state index in [0.717, 1.165) is 31.0 Å². The molecule has 0 saturated carbocycles. The van der Waals surface area contributed by atoms with Gasteiger partial charge in [-0.1, -0.05) is 95.8 Å². The van der Waals surface area contributed by atoms with Crippen LogP contribution in [0.25, 0.3) is 0 Å². The molecular formula is C33H47BrN2O3S. The third kappa shape index (κ3) is 12.1. The number of Topliss-reactive ketones (excluding diaryl/α,β-unsaturated/α-hetero) is 1. The van der Waals surface area contributed by atoms with Crippen LogP contribution in [-0.4, -0.2) is 29.1 Å². The molecular weight excluding hydrogens is 584 g/mol. The second kappa shape index (κ2) is 19.8. The highest BCUT2D eigenvalue weighted by atomic mass is 79.9. The predicted molar refractivity (Wildman–Crippen MR) is 175 cm³/mol. The first-order valence-electron chi connectivity index (χ1n) is 14.8. The summed E-state index contributed by atoms with van der Waals surface area (Å²) in [6.45, 7) is 5.12. The van der Waals surface area contributed by atoms with Gasteiger partial charge < -0.3 is 15.0 Å². The Kier molecular flexibility index (Phi) is 16.8. The molecule has 1 aliphatic rings. The van der Waals surface area contributed by atoms with Crippen molar-refractivity contribution in [2.45, 2.75) is 97.4 Å². The van der Waals surface area contributed by atoms with Gasteiger partial charge in [0, 0.05) is 18.4 Å². The molecule has 0 aromatic heterocycles. The van der Waals surface area contributed by atoms with E-state index in [1.807, 2.05) is 24.3 Å². The van der Waals surface area contributed by atoms with Crippen molar-refractivity contribution in [2.75, 3.05) is 17.8 Å². The zero-order valence-corrected chi connectivity index (χ0v) is 26.8. The van der Waals surface area contributed by atoms with Gasteiger partial charge in [0.25, 0.3) is 5.91 Å². The number of halogens is 1. The van der Waals surface area contributed by atoms with Gasteiger partial charge in [0.05, 0.1) is 23.6 Å². The zero-order chi connectivity index (χ0) is 27.7. The zero-order valence-electron chi connectivity index (χ0n) is 24.3. The highest BCUT2D eigenvalue weighted by Gasteiger charge is 2.19. The van der Waals surface area contributed by atoms with Crippen LogP contribution in [0, 0.1) is 0 Å². The lowest BCUT2D eigenvalue weighted by Crippen LogP contribution is -2.16. The third-order valence-corrected chi connectivity index (χ3v) is 7.88. The van der Waals surface area contributed by atoms with Crippen molar-refractivity contribution in [1.29, 1.82) is 0 Å². The Balaban J connectivity index is 0.00000560. The van der Waals surface area contributed by atoms with Crippen LogP contribution in [0.2, 0.25) is 0 Å². The number of anilines is 1. The summed E-state index contributed by atoms with van der Waals surface area (Å²) < 4.78 is 6.08. The van der Waals surface area contributed by atoms with E-state index < -0.39 is 0 Å². The molecule has 1 amide bonds. The summed E-state index contributed by atoms with van der Waals surface area (Å²) in [7, 11) is 0. The molecule has 0 radical (unpaired) electrons. The van der Waals surface area contributed by atoms with Crippen molar-refractivity contribution in [3.8, 4) is 5.75 Å². The molecule has 0 spiro atoms. The standard InChI is InChI=1S/C33H46N2O3S.BrH/c1-3-4-5-6-7-8-9-10-11-12-13-14-23-38-32-30(27(2)36)16-15-17-31(32)33(37)34-29-20-18-28(19-21-29)25-35-22-24-39-26-35;/h15-22,24H,3-14,23,25-26H2,1-2H3,(H,34,37);1H. The summed E-state index contributed by atoms with van der Waals surface area (Å²) in [4.78, 5) is 27.7. The Morgan fingerprint density at radius 3 is 2.02 bits per heavy atom. The molecule has 1 heterocycles. The first-order valence-corrected chi connectivity index (χ1v) is 15.8. The van der Waals surface area contributed by atoms with Crippen molar-refractivity contribution < 1.29 is 14.3 Å². The topological polar surface area (TPSA) is 58.6 Å². The monoisotopic (exact) mass is 630 g/mol. The molecule has 2 aromatic rings. The number of ether oxygens (including phenoxy) is 1. The second-order valence-corrected chi connectivity index (χ2v) is 11.3. The van der Waals surface area contributed by atoms with E-state index in [0.29, 0.717) is 23.5 Å². The number of carbonyl (C=O) groups excluding carboxylic acids is 2. The maximum atomic E-state index is 13.2. The van der Waals surface area contributed by atoms with Crippen LogP contribution in [-0.2, 0) is 6.54 Å². The number of benzene rings is 2. The van der Waals surface area contributed by atoms with Gasteiger partial charge >= 0.3 is 0 Å². The number of amides is 1. The van der Waals surface area contributed by atoms with Gasteiger partial charge in [-0.2, -0.15) is 0 Å². The molecule has 0 bridgehead atoms. The third-order valence-electron chi connectivity index (χ3n) is 7.09. The number of unbranched alkanes of at least 4 members (excludes halogenated alkanes) is 11. The largest absolute Gasteiger partial charge is 0.492 e. The van der Waals surface area contributed by atoms with Crippen LogP contribution >= 0.6 is 28.7 Å². The van der Waals surface area contributed by atoms with E-state index >= 15 is 0 Å². The number of nitrogens with one attached hydrogen (secondary N) is 1. The van der Waals surface area contributed by atoms with E-state index in [9.17, 15) is 9.59 Å². The minimum absolute atomic E-state index is 0. The molecule has 0 saturated heterocycles. The molecule has 0 unspecified atom stereocenters. The van der Waals surface area contributed by atoms with E-state index in [1.54, 1.807) is 30.0 Å². The van der Waals surface area contributed by atoms with Crippen LogP contribution < -0.4 is 10.1 Å². The molecule has 40 heavy (non-hydrogen) atoms. The molecule has 2 aromatic carbocycles. The SMILES string of the molecule is Br.CCCCCCCCCCCCCCOc1c(C(C)=O)cccc1C(=O)Nc1ccc(CN2C=CSC2)cc1. The average Bonchev–Trinajstić information content (AvgIpc) is 3.45. The fourth-order valence-corrected chi connectivity index (χ4v) is 5.51. The van der Waals surface area contributed by atoms with Gasteiger partial charge in [-0.3, -0.25) is 9.59 Å². The lowest BCUT2D eigenvalue weighted by molar-refractivity contribution is 0.101. The van der Waals surface area contributed by atoms with E-state index in [2.05, 4.69) is 28.7 Å². The number of ketones is 1. The van der Waals surface area contributed by atoms with Crippen LogP contribution in [0.3, 0.4) is 0 Å². The van der Waals surface area contributed by atoms with Gasteiger partial charge in [-0.15, -0.1) is 28.7 Å². The first-order chi connectivity index (χ1) is 19.1. The van der Waals surface area contributed by atoms with Crippen LogP contribution in [0.4, 0.5) is 5.69 Å². The summed E-state index contributed by atoms with van der Waals surface area (Å²) in [6.07, 6.45) is 17.4. The van der Waals surface area contributed by atoms with Gasteiger partial charge in [-0.25, -0.2) is 0 Å². The highest BCUT2D eigenvalue weighted by Crippen LogP contribution is 2.27. The molecule has 0 atom stereocenters. The minimum atomic E-state index is -0.269. The number of nitrogens with zero attached hydrogens (tertiary/aromatic N) is 1. The maximum absolute atomic E-state index is 13.2. The molecule has 3 rings (SSSR count). The summed E-state index contributed by atoms with van der Waals surface area (Å²) in [5.41, 5.74) is 2.75. The molecule has 1 aliphatic heterocycles. The molecule has 220 valence electrons. The number of rotatable bonds is 19. The Morgan fingerprint density at radius 2 is 1.45 bits per heavy atom. The Bertz CT molecular complexity index is 1060. The molecule has 1 N–H and O–H groups in total. The fourth-order valence-electron chi connectivity index (χ4n) is 4.80. The quantitative estimate of drug-likeness (QED) is 0.124. The van der Waals surface area contributed by atoms with Gasteiger partial charge in [0.2, 0.25) is 0 Å². The first kappa shape index (κ1) is 34.0. The molecule has 0 fully saturated rings. The average molecular weight is 632 g/mol. The lowest BCUT2D eigenvalue weighted by Gasteiger charge is -2.16. The second-order valence-electron chi connectivity index (χ2n) is 10.5. The Labute approximate surface area is 256 Å². The van der Waals surface area contributed by atoms with Crippen molar-refractivity contribution in [2.24, 2.45) is 0 Å². The normalized spacial score (nSPS) is 12.3. The number of para-hydroxylation sites is 1. The summed E-state index contributed by atoms with van der Waals surface area (Å²) in [5.74, 6) is 0.982. The molecule has 0 aliphatic carbocycles. The fraction of sp³-hybridized carbons (Fsp3) is 0.515.